The predicted octanol–water partition coefficient (Wildman–Crippen LogP) is 3.95. The molecule has 3 heteroatoms. The van der Waals surface area contributed by atoms with E-state index >= 15 is 0 Å². The molecule has 0 heterocycles. The zero-order valence-electron chi connectivity index (χ0n) is 11.9. The van der Waals surface area contributed by atoms with Gasteiger partial charge in [0.05, 0.1) is 17.5 Å². The third-order valence-electron chi connectivity index (χ3n) is 2.99. The molecular weight excluding hydrogens is 240 g/mol. The Morgan fingerprint density at radius 2 is 1.83 bits per heavy atom. The summed E-state index contributed by atoms with van der Waals surface area (Å²) in [7, 11) is 4.05. The second-order valence-corrected chi connectivity index (χ2v) is 6.54. The molecule has 0 saturated heterocycles. The van der Waals surface area contributed by atoms with Crippen LogP contribution in [-0.4, -0.2) is 24.7 Å². The van der Waals surface area contributed by atoms with Gasteiger partial charge in [0.25, 0.3) is 0 Å². The molecule has 2 nitrogen and oxygen atoms in total. The van der Waals surface area contributed by atoms with E-state index in [4.69, 9.17) is 0 Å². The minimum absolute atomic E-state index is 0.114. The van der Waals surface area contributed by atoms with Gasteiger partial charge < -0.3 is 4.90 Å². The first-order chi connectivity index (χ1) is 8.42. The van der Waals surface area contributed by atoms with Gasteiger partial charge in [-0.3, -0.25) is 0 Å². The molecule has 0 amide bonds. The van der Waals surface area contributed by atoms with E-state index in [1.165, 1.54) is 10.5 Å². The molecule has 98 valence electrons. The first-order valence-electron chi connectivity index (χ1n) is 6.22. The second kappa shape index (κ2) is 6.26. The van der Waals surface area contributed by atoms with Gasteiger partial charge in [0.2, 0.25) is 0 Å². The Hall–Kier alpha value is -0.980. The van der Waals surface area contributed by atoms with Crippen molar-refractivity contribution in [3.8, 4) is 6.07 Å². The van der Waals surface area contributed by atoms with Crippen LogP contribution in [0.1, 0.15) is 32.4 Å². The smallest absolute Gasteiger partial charge is 0.0714 e. The number of nitriles is 1. The molecule has 1 unspecified atom stereocenters. The fourth-order valence-corrected chi connectivity index (χ4v) is 3.00. The molecule has 0 fully saturated rings. The van der Waals surface area contributed by atoms with Crippen molar-refractivity contribution in [3.63, 3.8) is 0 Å². The van der Waals surface area contributed by atoms with E-state index in [1.54, 1.807) is 0 Å². The molecule has 0 bridgehead atoms. The molecule has 0 spiro atoms. The topological polar surface area (TPSA) is 27.0 Å². The largest absolute Gasteiger partial charge is 0.301 e. The van der Waals surface area contributed by atoms with E-state index in [0.29, 0.717) is 0 Å². The van der Waals surface area contributed by atoms with Gasteiger partial charge in [-0.05, 0) is 51.4 Å². The normalized spacial score (nSPS) is 13.4. The summed E-state index contributed by atoms with van der Waals surface area (Å²) in [6, 6.07) is 11.1. The maximum Gasteiger partial charge on any atom is 0.0714 e. The average Bonchev–Trinajstić information content (AvgIpc) is 2.31. The van der Waals surface area contributed by atoms with Crippen LogP contribution in [0.3, 0.4) is 0 Å². The summed E-state index contributed by atoms with van der Waals surface area (Å²) in [5, 5.41) is 9.33. The van der Waals surface area contributed by atoms with Crippen molar-refractivity contribution >= 4 is 11.8 Å². The van der Waals surface area contributed by atoms with Crippen LogP contribution >= 0.6 is 11.8 Å². The van der Waals surface area contributed by atoms with Crippen LogP contribution in [0.5, 0.6) is 0 Å². The minimum atomic E-state index is -0.400. The molecule has 0 saturated carbocycles. The summed E-state index contributed by atoms with van der Waals surface area (Å²) >= 11 is 1.84. The Morgan fingerprint density at radius 3 is 2.22 bits per heavy atom. The Kier molecular flexibility index (Phi) is 5.25. The molecular formula is C15H22N2S. The number of thioether (sulfide) groups is 1. The predicted molar refractivity (Wildman–Crippen MR) is 78.7 cm³/mol. The van der Waals surface area contributed by atoms with E-state index in [0.717, 1.165) is 5.75 Å². The molecule has 1 aromatic rings. The van der Waals surface area contributed by atoms with E-state index in [9.17, 15) is 5.26 Å². The number of benzene rings is 1. The zero-order valence-corrected chi connectivity index (χ0v) is 12.7. The molecule has 0 aliphatic rings. The highest BCUT2D eigenvalue weighted by Crippen LogP contribution is 2.36. The van der Waals surface area contributed by atoms with Crippen LogP contribution in [0.15, 0.2) is 29.2 Å². The molecule has 0 radical (unpaired) electrons. The number of hydrogen-bond acceptors (Lipinski definition) is 3. The Labute approximate surface area is 115 Å². The van der Waals surface area contributed by atoms with Gasteiger partial charge in [0.15, 0.2) is 0 Å². The van der Waals surface area contributed by atoms with Gasteiger partial charge in [0.1, 0.15) is 0 Å². The first-order valence-corrected chi connectivity index (χ1v) is 7.21. The number of hydrogen-bond donors (Lipinski definition) is 0. The number of rotatable bonds is 5. The molecule has 1 atom stereocenters. The lowest BCUT2D eigenvalue weighted by Gasteiger charge is -2.34. The maximum absolute atomic E-state index is 9.33. The second-order valence-electron chi connectivity index (χ2n) is 5.20. The van der Waals surface area contributed by atoms with Crippen molar-refractivity contribution in [3.05, 3.63) is 29.8 Å². The quantitative estimate of drug-likeness (QED) is 0.752. The van der Waals surface area contributed by atoms with Crippen LogP contribution in [0.25, 0.3) is 0 Å². The monoisotopic (exact) mass is 262 g/mol. The molecule has 0 aliphatic heterocycles. The van der Waals surface area contributed by atoms with E-state index in [-0.39, 0.29) is 6.04 Å². The van der Waals surface area contributed by atoms with Crippen molar-refractivity contribution < 1.29 is 0 Å². The summed E-state index contributed by atoms with van der Waals surface area (Å²) < 4.78 is 0. The van der Waals surface area contributed by atoms with Gasteiger partial charge in [-0.2, -0.15) is 5.26 Å². The first kappa shape index (κ1) is 15.1. The van der Waals surface area contributed by atoms with Gasteiger partial charge in [-0.25, -0.2) is 0 Å². The van der Waals surface area contributed by atoms with Crippen molar-refractivity contribution in [1.82, 2.24) is 4.90 Å². The van der Waals surface area contributed by atoms with E-state index < -0.39 is 5.41 Å². The number of nitrogens with zero attached hydrogens (tertiary/aromatic N) is 2. The maximum atomic E-state index is 9.33. The molecule has 0 aromatic heterocycles. The third kappa shape index (κ3) is 3.51. The summed E-state index contributed by atoms with van der Waals surface area (Å²) in [6.07, 6.45) is 0. The summed E-state index contributed by atoms with van der Waals surface area (Å²) in [5.74, 6) is 1.08. The van der Waals surface area contributed by atoms with Crippen molar-refractivity contribution in [2.24, 2.45) is 5.41 Å². The van der Waals surface area contributed by atoms with Crippen molar-refractivity contribution in [1.29, 1.82) is 5.26 Å². The lowest BCUT2D eigenvalue weighted by molar-refractivity contribution is 0.185. The lowest BCUT2D eigenvalue weighted by Crippen LogP contribution is -2.32. The van der Waals surface area contributed by atoms with Crippen LogP contribution < -0.4 is 0 Å². The van der Waals surface area contributed by atoms with Gasteiger partial charge >= 0.3 is 0 Å². The van der Waals surface area contributed by atoms with E-state index in [2.05, 4.69) is 42.2 Å². The highest BCUT2D eigenvalue weighted by atomic mass is 32.2. The summed E-state index contributed by atoms with van der Waals surface area (Å²) in [4.78, 5) is 3.40. The summed E-state index contributed by atoms with van der Waals surface area (Å²) in [5.41, 5.74) is 0.801. The molecule has 18 heavy (non-hydrogen) atoms. The van der Waals surface area contributed by atoms with Crippen molar-refractivity contribution in [2.45, 2.75) is 31.7 Å². The minimum Gasteiger partial charge on any atom is -0.301 e. The van der Waals surface area contributed by atoms with E-state index in [1.807, 2.05) is 39.7 Å². The Morgan fingerprint density at radius 1 is 1.28 bits per heavy atom. The van der Waals surface area contributed by atoms with Crippen LogP contribution in [0, 0.1) is 16.7 Å². The Balaban J connectivity index is 3.05. The highest BCUT2D eigenvalue weighted by Gasteiger charge is 2.32. The molecule has 1 rings (SSSR count). The van der Waals surface area contributed by atoms with Crippen molar-refractivity contribution in [2.75, 3.05) is 19.8 Å². The van der Waals surface area contributed by atoms with Crippen LogP contribution in [0.2, 0.25) is 0 Å². The summed E-state index contributed by atoms with van der Waals surface area (Å²) in [6.45, 7) is 6.14. The molecule has 0 aliphatic carbocycles. The fourth-order valence-electron chi connectivity index (χ4n) is 2.33. The lowest BCUT2D eigenvalue weighted by atomic mass is 9.81. The third-order valence-corrected chi connectivity index (χ3v) is 3.89. The van der Waals surface area contributed by atoms with Crippen LogP contribution in [-0.2, 0) is 0 Å². The van der Waals surface area contributed by atoms with Gasteiger partial charge in [-0.1, -0.05) is 19.1 Å². The van der Waals surface area contributed by atoms with Gasteiger partial charge in [-0.15, -0.1) is 11.8 Å². The SMILES string of the molecule is CCSc1ccc(C(N(C)C)C(C)(C)C#N)cc1. The molecule has 1 aromatic carbocycles. The van der Waals surface area contributed by atoms with Crippen LogP contribution in [0.4, 0.5) is 0 Å². The highest BCUT2D eigenvalue weighted by molar-refractivity contribution is 7.99. The standard InChI is InChI=1S/C15H22N2S/c1-6-18-13-9-7-12(8-10-13)14(17(4)5)15(2,3)11-16/h7-10,14H,6H2,1-5H3. The fraction of sp³-hybridized carbons (Fsp3) is 0.533. The zero-order chi connectivity index (χ0) is 13.8. The van der Waals surface area contributed by atoms with Gasteiger partial charge in [0, 0.05) is 4.90 Å². The average molecular weight is 262 g/mol. The molecule has 0 N–H and O–H groups in total. The Bertz CT molecular complexity index is 415.